The molecule has 264 valence electrons. The van der Waals surface area contributed by atoms with Crippen molar-refractivity contribution in [2.45, 2.75) is 50.0 Å². The number of nitriles is 1. The Labute approximate surface area is 294 Å². The van der Waals surface area contributed by atoms with Gasteiger partial charge in [0.05, 0.1) is 42.3 Å². The summed E-state index contributed by atoms with van der Waals surface area (Å²) in [4.78, 5) is 32.5. The highest BCUT2D eigenvalue weighted by Gasteiger charge is 2.43. The van der Waals surface area contributed by atoms with Gasteiger partial charge in [-0.15, -0.1) is 0 Å². The number of carbonyl (C=O) groups excluding carboxylic acids is 1. The third kappa shape index (κ3) is 7.20. The molecule has 2 atom stereocenters. The molecule has 0 saturated carbocycles. The fourth-order valence-corrected chi connectivity index (χ4v) is 7.83. The van der Waals surface area contributed by atoms with E-state index in [0.717, 1.165) is 27.7 Å². The first-order chi connectivity index (χ1) is 24.1. The van der Waals surface area contributed by atoms with E-state index >= 15 is 0 Å². The molecule has 1 aromatic heterocycles. The molecule has 0 spiro atoms. The molecule has 3 saturated heterocycles. The SMILES string of the molecule is CN1CC(F)(F)CC1COc1nc2c(c(N3CCN(C(=O)/C=C/CN4CC(F)C4)C(CC#N)C3)n1)CCN(c1cccc3cccc(Cl)c13)C2. The first-order valence-corrected chi connectivity index (χ1v) is 17.4. The van der Waals surface area contributed by atoms with Crippen LogP contribution in [-0.4, -0.2) is 121 Å². The van der Waals surface area contributed by atoms with E-state index in [0.29, 0.717) is 69.6 Å². The van der Waals surface area contributed by atoms with Crippen LogP contribution >= 0.6 is 11.6 Å². The van der Waals surface area contributed by atoms with Crippen LogP contribution in [0.3, 0.4) is 0 Å². The summed E-state index contributed by atoms with van der Waals surface area (Å²) in [5, 5.41) is 12.4. The number of hydrogen-bond donors (Lipinski definition) is 0. The smallest absolute Gasteiger partial charge is 0.318 e. The predicted molar refractivity (Wildman–Crippen MR) is 186 cm³/mol. The Morgan fingerprint density at radius 1 is 1.10 bits per heavy atom. The Bertz CT molecular complexity index is 1810. The van der Waals surface area contributed by atoms with Gasteiger partial charge in [0, 0.05) is 81.0 Å². The van der Waals surface area contributed by atoms with Crippen molar-refractivity contribution in [3.05, 3.63) is 64.8 Å². The number of piperazine rings is 1. The molecular formula is C36H40ClF3N8O2. The van der Waals surface area contributed by atoms with E-state index in [1.165, 1.54) is 6.08 Å². The van der Waals surface area contributed by atoms with E-state index in [-0.39, 0.29) is 44.0 Å². The van der Waals surface area contributed by atoms with Gasteiger partial charge in [-0.3, -0.25) is 14.6 Å². The molecule has 2 aromatic carbocycles. The molecule has 3 aromatic rings. The lowest BCUT2D eigenvalue weighted by atomic mass is 10.0. The lowest BCUT2D eigenvalue weighted by Crippen LogP contribution is -2.55. The van der Waals surface area contributed by atoms with Gasteiger partial charge >= 0.3 is 6.01 Å². The van der Waals surface area contributed by atoms with E-state index in [2.05, 4.69) is 15.9 Å². The Morgan fingerprint density at radius 2 is 1.90 bits per heavy atom. The fourth-order valence-electron chi connectivity index (χ4n) is 7.55. The molecule has 0 N–H and O–H groups in total. The maximum absolute atomic E-state index is 14.2. The number of likely N-dealkylation sites (N-methyl/N-ethyl adjacent to an activating group) is 1. The van der Waals surface area contributed by atoms with Gasteiger partial charge in [0.15, 0.2) is 0 Å². The van der Waals surface area contributed by atoms with Crippen molar-refractivity contribution in [3.8, 4) is 12.1 Å². The van der Waals surface area contributed by atoms with Crippen molar-refractivity contribution in [3.63, 3.8) is 0 Å². The average Bonchev–Trinajstić information content (AvgIpc) is 3.36. The van der Waals surface area contributed by atoms with Crippen LogP contribution in [0.4, 0.5) is 24.7 Å². The number of alkyl halides is 3. The molecule has 0 bridgehead atoms. The summed E-state index contributed by atoms with van der Waals surface area (Å²) in [6.07, 6.45) is 2.93. The lowest BCUT2D eigenvalue weighted by Gasteiger charge is -2.42. The third-order valence-corrected chi connectivity index (χ3v) is 10.5. The minimum absolute atomic E-state index is 0.0159. The molecule has 4 aliphatic rings. The summed E-state index contributed by atoms with van der Waals surface area (Å²) in [6.45, 7) is 3.31. The number of benzene rings is 2. The molecule has 3 fully saturated rings. The van der Waals surface area contributed by atoms with Gasteiger partial charge in [-0.05, 0) is 31.0 Å². The number of aromatic nitrogens is 2. The van der Waals surface area contributed by atoms with Crippen LogP contribution in [-0.2, 0) is 17.8 Å². The van der Waals surface area contributed by atoms with Gasteiger partial charge in [-0.25, -0.2) is 13.2 Å². The zero-order valence-electron chi connectivity index (χ0n) is 27.9. The number of halogens is 4. The second-order valence-electron chi connectivity index (χ2n) is 13.7. The van der Waals surface area contributed by atoms with Crippen molar-refractivity contribution < 1.29 is 22.7 Å². The second-order valence-corrected chi connectivity index (χ2v) is 14.1. The van der Waals surface area contributed by atoms with Gasteiger partial charge in [0.2, 0.25) is 5.91 Å². The van der Waals surface area contributed by atoms with Crippen LogP contribution in [0, 0.1) is 11.3 Å². The van der Waals surface area contributed by atoms with Crippen LogP contribution in [0.1, 0.15) is 24.1 Å². The summed E-state index contributed by atoms with van der Waals surface area (Å²) < 4.78 is 47.6. The topological polar surface area (TPSA) is 92.1 Å². The van der Waals surface area contributed by atoms with Crippen LogP contribution < -0.4 is 14.5 Å². The summed E-state index contributed by atoms with van der Waals surface area (Å²) in [5.74, 6) is -2.29. The lowest BCUT2D eigenvalue weighted by molar-refractivity contribution is -0.128. The van der Waals surface area contributed by atoms with E-state index in [1.54, 1.807) is 22.9 Å². The Balaban J connectivity index is 1.15. The van der Waals surface area contributed by atoms with Gasteiger partial charge in [-0.2, -0.15) is 15.2 Å². The van der Waals surface area contributed by atoms with E-state index in [1.807, 2.05) is 41.3 Å². The Hall–Kier alpha value is -4.12. The maximum Gasteiger partial charge on any atom is 0.318 e. The first-order valence-electron chi connectivity index (χ1n) is 17.1. The Kier molecular flexibility index (Phi) is 9.78. The molecule has 0 radical (unpaired) electrons. The number of anilines is 2. The number of hydrogen-bond acceptors (Lipinski definition) is 9. The molecule has 1 amide bonds. The number of rotatable bonds is 9. The fraction of sp³-hybridized carbons (Fsp3) is 0.500. The molecule has 2 unspecified atom stereocenters. The van der Waals surface area contributed by atoms with Crippen molar-refractivity contribution in [2.24, 2.45) is 0 Å². The normalized spacial score (nSPS) is 22.9. The number of likely N-dealkylation sites (tertiary alicyclic amines) is 2. The number of fused-ring (bicyclic) bond motifs is 2. The van der Waals surface area contributed by atoms with E-state index in [9.17, 15) is 23.2 Å². The molecule has 10 nitrogen and oxygen atoms in total. The first kappa shape index (κ1) is 34.3. The minimum atomic E-state index is -2.78. The van der Waals surface area contributed by atoms with Crippen LogP contribution in [0.2, 0.25) is 5.02 Å². The van der Waals surface area contributed by atoms with Crippen LogP contribution in [0.15, 0.2) is 48.6 Å². The van der Waals surface area contributed by atoms with Crippen molar-refractivity contribution >= 4 is 39.8 Å². The largest absolute Gasteiger partial charge is 0.462 e. The standard InChI is InChI=1S/C36H40ClF3N8O2/c1-44-23-36(39,40)17-27(44)22-50-35-42-30-21-46(31-8-3-6-24-5-2-7-29(37)33(24)31)14-11-28(30)34(43-35)47-15-16-48(26(20-47)10-12-41)32(49)9-4-13-45-18-25(38)19-45/h2-9,25-27H,10-11,13-23H2,1H3/b9-4+. The highest BCUT2D eigenvalue weighted by molar-refractivity contribution is 6.36. The molecule has 4 aliphatic heterocycles. The summed E-state index contributed by atoms with van der Waals surface area (Å²) in [7, 11) is 1.66. The van der Waals surface area contributed by atoms with E-state index in [4.69, 9.17) is 26.3 Å². The monoisotopic (exact) mass is 708 g/mol. The molecular weight excluding hydrogens is 669 g/mol. The number of carbonyl (C=O) groups is 1. The zero-order valence-corrected chi connectivity index (χ0v) is 28.7. The highest BCUT2D eigenvalue weighted by atomic mass is 35.5. The molecule has 0 aliphatic carbocycles. The Morgan fingerprint density at radius 3 is 2.64 bits per heavy atom. The van der Waals surface area contributed by atoms with Crippen LogP contribution in [0.25, 0.3) is 10.8 Å². The summed E-state index contributed by atoms with van der Waals surface area (Å²) >= 11 is 6.69. The minimum Gasteiger partial charge on any atom is -0.462 e. The summed E-state index contributed by atoms with van der Waals surface area (Å²) in [5.41, 5.74) is 2.72. The zero-order chi connectivity index (χ0) is 35.0. The van der Waals surface area contributed by atoms with Crippen molar-refractivity contribution in [1.29, 1.82) is 5.26 Å². The van der Waals surface area contributed by atoms with Gasteiger partial charge in [0.1, 0.15) is 18.6 Å². The molecule has 7 rings (SSSR count). The van der Waals surface area contributed by atoms with Gasteiger partial charge in [-0.1, -0.05) is 41.9 Å². The van der Waals surface area contributed by atoms with E-state index < -0.39 is 18.1 Å². The number of nitrogens with zero attached hydrogens (tertiary/aromatic N) is 8. The van der Waals surface area contributed by atoms with Crippen molar-refractivity contribution in [1.82, 2.24) is 24.7 Å². The van der Waals surface area contributed by atoms with Gasteiger partial charge in [0.25, 0.3) is 5.92 Å². The van der Waals surface area contributed by atoms with Crippen LogP contribution in [0.5, 0.6) is 6.01 Å². The number of amides is 1. The predicted octanol–water partition coefficient (Wildman–Crippen LogP) is 4.70. The second kappa shape index (κ2) is 14.2. The number of ether oxygens (including phenoxy) is 1. The van der Waals surface area contributed by atoms with Gasteiger partial charge < -0.3 is 19.4 Å². The molecule has 5 heterocycles. The van der Waals surface area contributed by atoms with Crippen molar-refractivity contribution in [2.75, 3.05) is 75.8 Å². The average molecular weight is 709 g/mol. The molecule has 50 heavy (non-hydrogen) atoms. The molecule has 14 heteroatoms. The highest BCUT2D eigenvalue weighted by Crippen LogP contribution is 2.38. The summed E-state index contributed by atoms with van der Waals surface area (Å²) in [6, 6.07) is 13.4. The third-order valence-electron chi connectivity index (χ3n) is 10.2. The quantitative estimate of drug-likeness (QED) is 0.294. The maximum atomic E-state index is 14.2.